The predicted octanol–water partition coefficient (Wildman–Crippen LogP) is 2.03. The van der Waals surface area contributed by atoms with E-state index in [-0.39, 0.29) is 10.9 Å². The second kappa shape index (κ2) is 4.58. The van der Waals surface area contributed by atoms with Crippen molar-refractivity contribution in [2.75, 3.05) is 5.88 Å². The second-order valence-electron chi connectivity index (χ2n) is 3.75. The molecule has 0 spiro atoms. The lowest BCUT2D eigenvalue weighted by molar-refractivity contribution is 0.583. The molecule has 1 unspecified atom stereocenters. The summed E-state index contributed by atoms with van der Waals surface area (Å²) in [6.45, 7) is 1.56. The fourth-order valence-corrected chi connectivity index (χ4v) is 3.18. The van der Waals surface area contributed by atoms with Crippen molar-refractivity contribution in [2.45, 2.75) is 17.2 Å². The Hall–Kier alpha value is -1.20. The van der Waals surface area contributed by atoms with Crippen molar-refractivity contribution < 1.29 is 8.42 Å². The van der Waals surface area contributed by atoms with E-state index in [1.807, 2.05) is 6.07 Å². The van der Waals surface area contributed by atoms with Gasteiger partial charge in [-0.15, -0.1) is 16.7 Å². The molecule has 90 valence electrons. The quantitative estimate of drug-likeness (QED) is 0.801. The van der Waals surface area contributed by atoms with Crippen molar-refractivity contribution in [2.24, 2.45) is 0 Å². The van der Waals surface area contributed by atoms with Gasteiger partial charge in [0.15, 0.2) is 5.03 Å². The van der Waals surface area contributed by atoms with E-state index >= 15 is 0 Å². The third-order valence-electron chi connectivity index (χ3n) is 2.55. The van der Waals surface area contributed by atoms with Crippen LogP contribution in [0.25, 0.3) is 10.8 Å². The predicted molar refractivity (Wildman–Crippen MR) is 66.9 cm³/mol. The Morgan fingerprint density at radius 2 is 2.06 bits per heavy atom. The van der Waals surface area contributed by atoms with Crippen LogP contribution in [0, 0.1) is 0 Å². The Balaban J connectivity index is 2.72. The molecule has 0 bridgehead atoms. The summed E-state index contributed by atoms with van der Waals surface area (Å²) in [6.07, 6.45) is 1.54. The molecule has 1 aromatic heterocycles. The number of hydrogen-bond acceptors (Lipinski definition) is 4. The highest BCUT2D eigenvalue weighted by atomic mass is 35.5. The van der Waals surface area contributed by atoms with E-state index in [4.69, 9.17) is 11.6 Å². The number of halogens is 1. The lowest BCUT2D eigenvalue weighted by Gasteiger charge is -2.10. The largest absolute Gasteiger partial charge is 0.222 e. The molecule has 6 heteroatoms. The van der Waals surface area contributed by atoms with Gasteiger partial charge in [0.1, 0.15) is 0 Å². The Morgan fingerprint density at radius 3 is 2.76 bits per heavy atom. The zero-order chi connectivity index (χ0) is 12.5. The molecule has 0 saturated heterocycles. The van der Waals surface area contributed by atoms with Crippen LogP contribution >= 0.6 is 11.6 Å². The summed E-state index contributed by atoms with van der Waals surface area (Å²) >= 11 is 5.61. The minimum Gasteiger partial charge on any atom is -0.222 e. The van der Waals surface area contributed by atoms with Gasteiger partial charge in [0.2, 0.25) is 9.84 Å². The zero-order valence-corrected chi connectivity index (χ0v) is 10.7. The second-order valence-corrected chi connectivity index (χ2v) is 6.34. The first-order chi connectivity index (χ1) is 8.07. The molecule has 0 aliphatic heterocycles. The summed E-state index contributed by atoms with van der Waals surface area (Å²) < 4.78 is 24.4. The summed E-state index contributed by atoms with van der Waals surface area (Å²) in [5.74, 6) is 0.0350. The molecule has 1 atom stereocenters. The molecule has 1 aromatic carbocycles. The molecule has 0 fully saturated rings. The lowest BCUT2D eigenvalue weighted by atomic mass is 10.2. The van der Waals surface area contributed by atoms with Crippen molar-refractivity contribution in [3.05, 3.63) is 30.5 Å². The van der Waals surface area contributed by atoms with Gasteiger partial charge in [-0.2, -0.15) is 5.10 Å². The van der Waals surface area contributed by atoms with Gasteiger partial charge in [0.25, 0.3) is 0 Å². The normalized spacial score (nSPS) is 13.8. The van der Waals surface area contributed by atoms with Gasteiger partial charge < -0.3 is 0 Å². The minimum atomic E-state index is -3.52. The highest BCUT2D eigenvalue weighted by Crippen LogP contribution is 2.23. The van der Waals surface area contributed by atoms with Crippen LogP contribution in [0.4, 0.5) is 0 Å². The summed E-state index contributed by atoms with van der Waals surface area (Å²) in [5.41, 5.74) is 0. The number of sulfone groups is 1. The van der Waals surface area contributed by atoms with E-state index in [0.29, 0.717) is 5.39 Å². The topological polar surface area (TPSA) is 59.9 Å². The van der Waals surface area contributed by atoms with Crippen LogP contribution in [0.15, 0.2) is 35.5 Å². The van der Waals surface area contributed by atoms with Crippen molar-refractivity contribution in [3.8, 4) is 0 Å². The fraction of sp³-hybridized carbons (Fsp3) is 0.273. The van der Waals surface area contributed by atoms with Crippen molar-refractivity contribution in [3.63, 3.8) is 0 Å². The van der Waals surface area contributed by atoms with Crippen molar-refractivity contribution in [1.82, 2.24) is 10.2 Å². The van der Waals surface area contributed by atoms with Crippen molar-refractivity contribution in [1.29, 1.82) is 0 Å². The molecule has 0 saturated carbocycles. The Bertz CT molecular complexity index is 637. The van der Waals surface area contributed by atoms with Gasteiger partial charge in [-0.05, 0) is 6.92 Å². The van der Waals surface area contributed by atoms with E-state index in [9.17, 15) is 8.42 Å². The van der Waals surface area contributed by atoms with Gasteiger partial charge in [-0.3, -0.25) is 0 Å². The summed E-state index contributed by atoms with van der Waals surface area (Å²) in [5, 5.41) is 8.14. The first-order valence-electron chi connectivity index (χ1n) is 5.07. The molecular weight excluding hydrogens is 260 g/mol. The van der Waals surface area contributed by atoms with Crippen molar-refractivity contribution >= 4 is 32.2 Å². The van der Waals surface area contributed by atoms with E-state index in [1.165, 1.54) is 0 Å². The van der Waals surface area contributed by atoms with E-state index < -0.39 is 15.1 Å². The number of benzene rings is 1. The highest BCUT2D eigenvalue weighted by Gasteiger charge is 2.26. The number of rotatable bonds is 3. The SMILES string of the molecule is CC(CCl)S(=O)(=O)c1nncc2ccccc12. The van der Waals surface area contributed by atoms with Crippen LogP contribution < -0.4 is 0 Å². The van der Waals surface area contributed by atoms with Gasteiger partial charge in [0, 0.05) is 16.7 Å². The molecule has 0 aliphatic carbocycles. The minimum absolute atomic E-state index is 0.00347. The lowest BCUT2D eigenvalue weighted by Crippen LogP contribution is -2.21. The Labute approximate surface area is 105 Å². The third-order valence-corrected chi connectivity index (χ3v) is 5.27. The van der Waals surface area contributed by atoms with Crippen LogP contribution in [0.2, 0.25) is 0 Å². The number of alkyl halides is 1. The maximum absolute atomic E-state index is 12.2. The van der Waals surface area contributed by atoms with Gasteiger partial charge in [-0.25, -0.2) is 8.42 Å². The maximum atomic E-state index is 12.2. The molecule has 0 N–H and O–H groups in total. The average Bonchev–Trinajstić information content (AvgIpc) is 2.37. The van der Waals surface area contributed by atoms with Gasteiger partial charge in [-0.1, -0.05) is 24.3 Å². The summed E-state index contributed by atoms with van der Waals surface area (Å²) in [7, 11) is -3.52. The smallest absolute Gasteiger partial charge is 0.201 e. The van der Waals surface area contributed by atoms with Crippen LogP contribution in [0.3, 0.4) is 0 Å². The monoisotopic (exact) mass is 270 g/mol. The molecule has 0 amide bonds. The maximum Gasteiger partial charge on any atom is 0.201 e. The number of hydrogen-bond donors (Lipinski definition) is 0. The average molecular weight is 271 g/mol. The van der Waals surface area contributed by atoms with Crippen LogP contribution in [0.5, 0.6) is 0 Å². The highest BCUT2D eigenvalue weighted by molar-refractivity contribution is 7.92. The first kappa shape index (κ1) is 12.3. The Morgan fingerprint density at radius 1 is 1.35 bits per heavy atom. The number of fused-ring (bicyclic) bond motifs is 1. The molecule has 0 aliphatic rings. The van der Waals surface area contributed by atoms with Crippen LogP contribution in [-0.2, 0) is 9.84 Å². The van der Waals surface area contributed by atoms with E-state index in [0.717, 1.165) is 5.39 Å². The first-order valence-corrected chi connectivity index (χ1v) is 7.15. The molecule has 2 rings (SSSR count). The number of nitrogens with zero attached hydrogens (tertiary/aromatic N) is 2. The summed E-state index contributed by atoms with van der Waals surface area (Å²) in [6, 6.07) is 7.12. The van der Waals surface area contributed by atoms with E-state index in [1.54, 1.807) is 31.3 Å². The van der Waals surface area contributed by atoms with E-state index in [2.05, 4.69) is 10.2 Å². The molecule has 2 aromatic rings. The number of aromatic nitrogens is 2. The molecule has 17 heavy (non-hydrogen) atoms. The Kier molecular flexibility index (Phi) is 3.31. The summed E-state index contributed by atoms with van der Waals surface area (Å²) in [4.78, 5) is 0. The third kappa shape index (κ3) is 2.12. The van der Waals surface area contributed by atoms with Gasteiger partial charge >= 0.3 is 0 Å². The molecule has 1 heterocycles. The standard InChI is InChI=1S/C11H11ClN2O2S/c1-8(6-12)17(15,16)11-10-5-3-2-4-9(10)7-13-14-11/h2-5,7-8H,6H2,1H3. The van der Waals surface area contributed by atoms with Crippen LogP contribution in [-0.4, -0.2) is 29.7 Å². The van der Waals surface area contributed by atoms with Crippen LogP contribution in [0.1, 0.15) is 6.92 Å². The van der Waals surface area contributed by atoms with Gasteiger partial charge in [0.05, 0.1) is 11.4 Å². The molecule has 0 radical (unpaired) electrons. The zero-order valence-electron chi connectivity index (χ0n) is 9.17. The fourth-order valence-electron chi connectivity index (χ4n) is 1.49. The molecular formula is C11H11ClN2O2S. The molecule has 4 nitrogen and oxygen atoms in total.